The van der Waals surface area contributed by atoms with Crippen molar-refractivity contribution in [1.82, 2.24) is 14.7 Å². The van der Waals surface area contributed by atoms with E-state index < -0.39 is 5.60 Å². The highest BCUT2D eigenvalue weighted by molar-refractivity contribution is 7.17. The molecule has 2 heterocycles. The largest absolute Gasteiger partial charge is 0.459 e. The second-order valence-electron chi connectivity index (χ2n) is 5.83. The van der Waals surface area contributed by atoms with E-state index in [4.69, 9.17) is 4.74 Å². The average Bonchev–Trinajstić information content (AvgIpc) is 2.74. The van der Waals surface area contributed by atoms with Crippen molar-refractivity contribution >= 4 is 22.3 Å². The number of aryl methyl sites for hydroxylation is 2. The molecule has 0 radical (unpaired) electrons. The Morgan fingerprint density at radius 1 is 1.45 bits per heavy atom. The number of carbonyl (C=O) groups is 1. The van der Waals surface area contributed by atoms with Crippen molar-refractivity contribution in [1.29, 1.82) is 0 Å². The molecule has 0 saturated carbocycles. The molecule has 2 aromatic heterocycles. The molecule has 0 fully saturated rings. The summed E-state index contributed by atoms with van der Waals surface area (Å²) >= 11 is 1.67. The standard InChI is InChI=1S/C14H21N3O2S/c1-9-8-17-11(10(2)16-13(17)20-9)6-15-7-12(18)19-14(3,4)5/h8,15H,6-7H2,1-5H3. The Kier molecular flexibility index (Phi) is 4.15. The number of nitrogens with zero attached hydrogens (tertiary/aromatic N) is 2. The monoisotopic (exact) mass is 295 g/mol. The van der Waals surface area contributed by atoms with Crippen LogP contribution in [0, 0.1) is 13.8 Å². The average molecular weight is 295 g/mol. The third-order valence-electron chi connectivity index (χ3n) is 2.72. The summed E-state index contributed by atoms with van der Waals surface area (Å²) in [5, 5.41) is 3.12. The molecule has 0 aliphatic heterocycles. The van der Waals surface area contributed by atoms with Crippen LogP contribution in [0.5, 0.6) is 0 Å². The first-order chi connectivity index (χ1) is 9.26. The van der Waals surface area contributed by atoms with Crippen molar-refractivity contribution < 1.29 is 9.53 Å². The van der Waals surface area contributed by atoms with E-state index in [1.54, 1.807) is 11.3 Å². The van der Waals surface area contributed by atoms with Crippen molar-refractivity contribution in [3.63, 3.8) is 0 Å². The zero-order valence-electron chi connectivity index (χ0n) is 12.6. The van der Waals surface area contributed by atoms with Gasteiger partial charge < -0.3 is 10.1 Å². The number of hydrogen-bond donors (Lipinski definition) is 1. The van der Waals surface area contributed by atoms with Gasteiger partial charge in [-0.3, -0.25) is 9.20 Å². The number of imidazole rings is 1. The maximum atomic E-state index is 11.6. The maximum Gasteiger partial charge on any atom is 0.320 e. The molecular formula is C14H21N3O2S. The molecule has 1 N–H and O–H groups in total. The van der Waals surface area contributed by atoms with E-state index in [1.165, 1.54) is 4.88 Å². The quantitative estimate of drug-likeness (QED) is 0.880. The van der Waals surface area contributed by atoms with Gasteiger partial charge in [-0.15, -0.1) is 11.3 Å². The van der Waals surface area contributed by atoms with Crippen molar-refractivity contribution in [2.45, 2.75) is 46.8 Å². The molecule has 5 nitrogen and oxygen atoms in total. The highest BCUT2D eigenvalue weighted by Gasteiger charge is 2.16. The van der Waals surface area contributed by atoms with Crippen LogP contribution < -0.4 is 5.32 Å². The first kappa shape index (κ1) is 15.0. The number of nitrogens with one attached hydrogen (secondary N) is 1. The van der Waals surface area contributed by atoms with Crippen LogP contribution in [0.15, 0.2) is 6.20 Å². The van der Waals surface area contributed by atoms with Crippen LogP contribution in [-0.4, -0.2) is 27.5 Å². The van der Waals surface area contributed by atoms with Gasteiger partial charge in [0, 0.05) is 17.6 Å². The molecule has 20 heavy (non-hydrogen) atoms. The fourth-order valence-electron chi connectivity index (χ4n) is 1.98. The fourth-order valence-corrected chi connectivity index (χ4v) is 2.87. The predicted octanol–water partition coefficient (Wildman–Crippen LogP) is 2.44. The van der Waals surface area contributed by atoms with Crippen molar-refractivity contribution in [3.8, 4) is 0 Å². The van der Waals surface area contributed by atoms with E-state index in [0.29, 0.717) is 6.54 Å². The van der Waals surface area contributed by atoms with Gasteiger partial charge in [-0.25, -0.2) is 4.98 Å². The summed E-state index contributed by atoms with van der Waals surface area (Å²) in [6.45, 7) is 10.4. The normalized spacial score (nSPS) is 12.1. The lowest BCUT2D eigenvalue weighted by atomic mass is 10.2. The number of thiazole rings is 1. The number of esters is 1. The van der Waals surface area contributed by atoms with Gasteiger partial charge in [0.2, 0.25) is 0 Å². The molecule has 0 aliphatic carbocycles. The lowest BCUT2D eigenvalue weighted by Crippen LogP contribution is -2.31. The number of fused-ring (bicyclic) bond motifs is 1. The topological polar surface area (TPSA) is 55.6 Å². The SMILES string of the molecule is Cc1cn2c(CNCC(=O)OC(C)(C)C)c(C)nc2s1. The van der Waals surface area contributed by atoms with Gasteiger partial charge >= 0.3 is 5.97 Å². The lowest BCUT2D eigenvalue weighted by Gasteiger charge is -2.19. The smallest absolute Gasteiger partial charge is 0.320 e. The molecule has 6 heteroatoms. The van der Waals surface area contributed by atoms with Gasteiger partial charge in [0.05, 0.1) is 17.9 Å². The van der Waals surface area contributed by atoms with Crippen LogP contribution in [0.1, 0.15) is 37.0 Å². The lowest BCUT2D eigenvalue weighted by molar-refractivity contribution is -0.153. The Labute approximate surface area is 123 Å². The third kappa shape index (κ3) is 3.58. The van der Waals surface area contributed by atoms with E-state index in [-0.39, 0.29) is 12.5 Å². The minimum atomic E-state index is -0.441. The summed E-state index contributed by atoms with van der Waals surface area (Å²) in [6.07, 6.45) is 2.07. The van der Waals surface area contributed by atoms with E-state index in [0.717, 1.165) is 16.3 Å². The Bertz CT molecular complexity index is 622. The van der Waals surface area contributed by atoms with E-state index in [1.807, 2.05) is 27.7 Å². The molecule has 0 saturated heterocycles. The van der Waals surface area contributed by atoms with Crippen molar-refractivity contribution in [2.75, 3.05) is 6.54 Å². The van der Waals surface area contributed by atoms with E-state index in [9.17, 15) is 4.79 Å². The number of hydrogen-bond acceptors (Lipinski definition) is 5. The Morgan fingerprint density at radius 3 is 2.80 bits per heavy atom. The second-order valence-corrected chi connectivity index (χ2v) is 7.04. The molecule has 110 valence electrons. The Balaban J connectivity index is 1.96. The summed E-state index contributed by atoms with van der Waals surface area (Å²) in [4.78, 5) is 18.4. The van der Waals surface area contributed by atoms with Gasteiger partial charge in [-0.2, -0.15) is 0 Å². The third-order valence-corrected chi connectivity index (χ3v) is 3.62. The minimum Gasteiger partial charge on any atom is -0.459 e. The summed E-state index contributed by atoms with van der Waals surface area (Å²) in [5.41, 5.74) is 1.64. The zero-order valence-corrected chi connectivity index (χ0v) is 13.4. The summed E-state index contributed by atoms with van der Waals surface area (Å²) < 4.78 is 7.34. The molecule has 0 spiro atoms. The minimum absolute atomic E-state index is 0.201. The van der Waals surface area contributed by atoms with Gasteiger partial charge in [-0.1, -0.05) is 0 Å². The molecule has 0 unspecified atom stereocenters. The molecule has 0 aromatic carbocycles. The van der Waals surface area contributed by atoms with Crippen molar-refractivity contribution in [2.24, 2.45) is 0 Å². The molecule has 0 bridgehead atoms. The summed E-state index contributed by atoms with van der Waals surface area (Å²) in [5.74, 6) is -0.239. The van der Waals surface area contributed by atoms with Crippen LogP contribution in [0.4, 0.5) is 0 Å². The molecule has 0 aliphatic rings. The van der Waals surface area contributed by atoms with Gasteiger partial charge in [-0.05, 0) is 34.6 Å². The van der Waals surface area contributed by atoms with E-state index in [2.05, 4.69) is 27.8 Å². The Hall–Kier alpha value is -1.40. The fraction of sp³-hybridized carbons (Fsp3) is 0.571. The van der Waals surface area contributed by atoms with Gasteiger partial charge in [0.15, 0.2) is 4.96 Å². The predicted molar refractivity (Wildman–Crippen MR) is 80.1 cm³/mol. The molecule has 2 rings (SSSR count). The van der Waals surface area contributed by atoms with Crippen LogP contribution in [-0.2, 0) is 16.1 Å². The van der Waals surface area contributed by atoms with Gasteiger partial charge in [0.25, 0.3) is 0 Å². The summed E-state index contributed by atoms with van der Waals surface area (Å²) in [7, 11) is 0. The number of carbonyl (C=O) groups excluding carboxylic acids is 1. The number of rotatable bonds is 4. The van der Waals surface area contributed by atoms with Gasteiger partial charge in [0.1, 0.15) is 5.60 Å². The van der Waals surface area contributed by atoms with Crippen LogP contribution in [0.3, 0.4) is 0 Å². The highest BCUT2D eigenvalue weighted by atomic mass is 32.1. The number of aromatic nitrogens is 2. The van der Waals surface area contributed by atoms with Crippen LogP contribution in [0.25, 0.3) is 4.96 Å². The zero-order chi connectivity index (χ0) is 14.9. The van der Waals surface area contributed by atoms with E-state index >= 15 is 0 Å². The first-order valence-corrected chi connectivity index (χ1v) is 7.44. The molecule has 2 aromatic rings. The summed E-state index contributed by atoms with van der Waals surface area (Å²) in [6, 6.07) is 0. The number of ether oxygens (including phenoxy) is 1. The maximum absolute atomic E-state index is 11.6. The Morgan fingerprint density at radius 2 is 2.15 bits per heavy atom. The second kappa shape index (κ2) is 5.54. The highest BCUT2D eigenvalue weighted by Crippen LogP contribution is 2.20. The molecular weight excluding hydrogens is 274 g/mol. The van der Waals surface area contributed by atoms with Crippen LogP contribution >= 0.6 is 11.3 Å². The van der Waals surface area contributed by atoms with Crippen molar-refractivity contribution in [3.05, 3.63) is 22.5 Å². The van der Waals surface area contributed by atoms with Crippen LogP contribution in [0.2, 0.25) is 0 Å². The first-order valence-electron chi connectivity index (χ1n) is 6.63. The molecule has 0 amide bonds. The molecule has 0 atom stereocenters.